The number of carbonyl (C=O) groups excluding carboxylic acids is 2. The number of ketones is 1. The molecule has 1 unspecified atom stereocenters. The molecule has 0 saturated heterocycles. The molecule has 126 valence electrons. The molecule has 0 aliphatic heterocycles. The quantitative estimate of drug-likeness (QED) is 0.491. The number of ether oxygens (including phenoxy) is 1. The second-order valence-corrected chi connectivity index (χ2v) is 6.19. The number of alkyl carbamates (subject to hydrolysis) is 1. The average molecular weight is 322 g/mol. The van der Waals surface area contributed by atoms with Crippen molar-refractivity contribution in [1.82, 2.24) is 5.32 Å². The van der Waals surface area contributed by atoms with Crippen molar-refractivity contribution in [2.24, 2.45) is 0 Å². The maximum Gasteiger partial charge on any atom is 0.407 e. The molecule has 0 spiro atoms. The molecule has 0 aliphatic carbocycles. The molecule has 7 nitrogen and oxygen atoms in total. The van der Waals surface area contributed by atoms with Gasteiger partial charge in [-0.25, -0.2) is 4.79 Å². The Labute approximate surface area is 135 Å². The van der Waals surface area contributed by atoms with Crippen LogP contribution in [0.5, 0.6) is 0 Å². The second-order valence-electron chi connectivity index (χ2n) is 6.19. The Morgan fingerprint density at radius 1 is 1.35 bits per heavy atom. The standard InChI is InChI=1S/C16H22N2O5/c1-5-12(17-15(20)23-16(2,3)4)10-14(19)11-7-6-8-13(9-11)18(21)22/h6-9,12H,5,10H2,1-4H3,(H,17,20). The van der Waals surface area contributed by atoms with E-state index in [1.54, 1.807) is 20.8 Å². The van der Waals surface area contributed by atoms with E-state index < -0.39 is 22.7 Å². The van der Waals surface area contributed by atoms with Crippen LogP contribution in [0.3, 0.4) is 0 Å². The van der Waals surface area contributed by atoms with Crippen molar-refractivity contribution in [1.29, 1.82) is 0 Å². The predicted molar refractivity (Wildman–Crippen MR) is 85.5 cm³/mol. The molecule has 0 heterocycles. The van der Waals surface area contributed by atoms with Crippen molar-refractivity contribution in [2.45, 2.75) is 52.2 Å². The molecule has 1 amide bonds. The summed E-state index contributed by atoms with van der Waals surface area (Å²) < 4.78 is 5.16. The Balaban J connectivity index is 2.71. The highest BCUT2D eigenvalue weighted by atomic mass is 16.6. The molecule has 1 rings (SSSR count). The van der Waals surface area contributed by atoms with Crippen LogP contribution in [0.1, 0.15) is 50.9 Å². The Bertz CT molecular complexity index is 592. The van der Waals surface area contributed by atoms with Crippen molar-refractivity contribution in [3.05, 3.63) is 39.9 Å². The summed E-state index contributed by atoms with van der Waals surface area (Å²) in [6.07, 6.45) is 0.00721. The topological polar surface area (TPSA) is 98.5 Å². The maximum atomic E-state index is 12.2. The number of nitrogens with one attached hydrogen (secondary N) is 1. The number of rotatable bonds is 6. The Morgan fingerprint density at radius 3 is 2.52 bits per heavy atom. The number of nitro groups is 1. The highest BCUT2D eigenvalue weighted by molar-refractivity contribution is 5.97. The Morgan fingerprint density at radius 2 is 2.00 bits per heavy atom. The smallest absolute Gasteiger partial charge is 0.407 e. The van der Waals surface area contributed by atoms with E-state index in [1.807, 2.05) is 6.92 Å². The number of benzene rings is 1. The third kappa shape index (κ3) is 6.46. The maximum absolute atomic E-state index is 12.2. The van der Waals surface area contributed by atoms with Gasteiger partial charge in [0.15, 0.2) is 5.78 Å². The third-order valence-corrected chi connectivity index (χ3v) is 3.02. The zero-order valence-corrected chi connectivity index (χ0v) is 13.8. The van der Waals surface area contributed by atoms with Crippen LogP contribution in [-0.4, -0.2) is 28.4 Å². The SMILES string of the molecule is CCC(CC(=O)c1cccc([N+](=O)[O-])c1)NC(=O)OC(C)(C)C. The lowest BCUT2D eigenvalue weighted by Gasteiger charge is -2.22. The monoisotopic (exact) mass is 322 g/mol. The van der Waals surface area contributed by atoms with Crippen molar-refractivity contribution in [3.8, 4) is 0 Å². The molecule has 23 heavy (non-hydrogen) atoms. The van der Waals surface area contributed by atoms with E-state index in [0.717, 1.165) is 0 Å². The van der Waals surface area contributed by atoms with Crippen molar-refractivity contribution in [3.63, 3.8) is 0 Å². The van der Waals surface area contributed by atoms with Gasteiger partial charge in [0.25, 0.3) is 5.69 Å². The van der Waals surface area contributed by atoms with Gasteiger partial charge in [0.05, 0.1) is 4.92 Å². The molecule has 1 atom stereocenters. The zero-order valence-electron chi connectivity index (χ0n) is 13.8. The molecule has 0 fully saturated rings. The number of non-ortho nitro benzene ring substituents is 1. The van der Waals surface area contributed by atoms with Crippen molar-refractivity contribution in [2.75, 3.05) is 0 Å². The highest BCUT2D eigenvalue weighted by Crippen LogP contribution is 2.16. The lowest BCUT2D eigenvalue weighted by molar-refractivity contribution is -0.384. The molecule has 1 aromatic carbocycles. The van der Waals surface area contributed by atoms with Gasteiger partial charge in [-0.15, -0.1) is 0 Å². The first-order valence-corrected chi connectivity index (χ1v) is 7.39. The fourth-order valence-electron chi connectivity index (χ4n) is 1.91. The summed E-state index contributed by atoms with van der Waals surface area (Å²) in [5.74, 6) is -0.267. The van der Waals surface area contributed by atoms with E-state index in [0.29, 0.717) is 6.42 Å². The molecule has 0 aromatic heterocycles. The van der Waals surface area contributed by atoms with Gasteiger partial charge >= 0.3 is 6.09 Å². The first-order valence-electron chi connectivity index (χ1n) is 7.39. The van der Waals surface area contributed by atoms with Crippen LogP contribution in [0.15, 0.2) is 24.3 Å². The van der Waals surface area contributed by atoms with Crippen molar-refractivity contribution >= 4 is 17.6 Å². The molecule has 1 aromatic rings. The lowest BCUT2D eigenvalue weighted by Crippen LogP contribution is -2.39. The first-order chi connectivity index (χ1) is 10.6. The van der Waals surface area contributed by atoms with Gasteiger partial charge in [-0.3, -0.25) is 14.9 Å². The number of carbonyl (C=O) groups is 2. The predicted octanol–water partition coefficient (Wildman–Crippen LogP) is 3.47. The average Bonchev–Trinajstić information content (AvgIpc) is 2.44. The molecule has 1 N–H and O–H groups in total. The molecule has 7 heteroatoms. The number of Topliss-reactive ketones (excluding diaryl/α,β-unsaturated/α-hetero) is 1. The van der Waals surface area contributed by atoms with Gasteiger partial charge in [0.2, 0.25) is 0 Å². The minimum Gasteiger partial charge on any atom is -0.444 e. The van der Waals surface area contributed by atoms with E-state index >= 15 is 0 Å². The molecule has 0 aliphatic rings. The first kappa shape index (κ1) is 18.6. The van der Waals surface area contributed by atoms with Gasteiger partial charge in [-0.1, -0.05) is 19.1 Å². The third-order valence-electron chi connectivity index (χ3n) is 3.02. The van der Waals surface area contributed by atoms with Crippen LogP contribution in [0, 0.1) is 10.1 Å². The van der Waals surface area contributed by atoms with Crippen LogP contribution in [0.2, 0.25) is 0 Å². The fraction of sp³-hybridized carbons (Fsp3) is 0.500. The Hall–Kier alpha value is -2.44. The summed E-state index contributed by atoms with van der Waals surface area (Å²) in [6.45, 7) is 7.09. The van der Waals surface area contributed by atoms with Crippen LogP contribution >= 0.6 is 0 Å². The summed E-state index contributed by atoms with van der Waals surface area (Å²) in [6, 6.07) is 5.16. The number of hydrogen-bond acceptors (Lipinski definition) is 5. The number of nitro benzene ring substituents is 1. The Kier molecular flexibility index (Phi) is 6.24. The van der Waals surface area contributed by atoms with Crippen LogP contribution < -0.4 is 5.32 Å². The molecule has 0 bridgehead atoms. The molecular weight excluding hydrogens is 300 g/mol. The zero-order chi connectivity index (χ0) is 17.6. The van der Waals surface area contributed by atoms with Gasteiger partial charge in [0, 0.05) is 30.2 Å². The van der Waals surface area contributed by atoms with E-state index in [2.05, 4.69) is 5.32 Å². The fourth-order valence-corrected chi connectivity index (χ4v) is 1.91. The number of amides is 1. The van der Waals surface area contributed by atoms with Gasteiger partial charge in [-0.2, -0.15) is 0 Å². The van der Waals surface area contributed by atoms with E-state index in [1.165, 1.54) is 24.3 Å². The van der Waals surface area contributed by atoms with Gasteiger partial charge in [0.1, 0.15) is 5.60 Å². The highest BCUT2D eigenvalue weighted by Gasteiger charge is 2.21. The summed E-state index contributed by atoms with van der Waals surface area (Å²) >= 11 is 0. The number of nitrogens with zero attached hydrogens (tertiary/aromatic N) is 1. The van der Waals surface area contributed by atoms with Gasteiger partial charge < -0.3 is 10.1 Å². The van der Waals surface area contributed by atoms with Crippen LogP contribution in [-0.2, 0) is 4.74 Å². The van der Waals surface area contributed by atoms with E-state index in [4.69, 9.17) is 4.74 Å². The molecule has 0 saturated carbocycles. The largest absolute Gasteiger partial charge is 0.444 e. The summed E-state index contributed by atoms with van der Waals surface area (Å²) in [4.78, 5) is 34.2. The van der Waals surface area contributed by atoms with E-state index in [-0.39, 0.29) is 23.5 Å². The second kappa shape index (κ2) is 7.71. The number of hydrogen-bond donors (Lipinski definition) is 1. The van der Waals surface area contributed by atoms with Crippen LogP contribution in [0.25, 0.3) is 0 Å². The minimum absolute atomic E-state index is 0.0525. The van der Waals surface area contributed by atoms with E-state index in [9.17, 15) is 19.7 Å². The van der Waals surface area contributed by atoms with Crippen molar-refractivity contribution < 1.29 is 19.2 Å². The minimum atomic E-state index is -0.619. The molecule has 0 radical (unpaired) electrons. The lowest BCUT2D eigenvalue weighted by atomic mass is 10.0. The van der Waals surface area contributed by atoms with Gasteiger partial charge in [-0.05, 0) is 27.2 Å². The summed E-state index contributed by atoms with van der Waals surface area (Å²) in [7, 11) is 0. The summed E-state index contributed by atoms with van der Waals surface area (Å²) in [5, 5.41) is 13.4. The van der Waals surface area contributed by atoms with Crippen LogP contribution in [0.4, 0.5) is 10.5 Å². The normalized spacial score (nSPS) is 12.3. The molecular formula is C16H22N2O5. The summed E-state index contributed by atoms with van der Waals surface area (Å²) in [5.41, 5.74) is -0.500.